The molecule has 18 heavy (non-hydrogen) atoms. The molecule has 0 aliphatic carbocycles. The highest BCUT2D eigenvalue weighted by atomic mass is 16.6. The Morgan fingerprint density at radius 2 is 1.94 bits per heavy atom. The lowest BCUT2D eigenvalue weighted by atomic mass is 9.90. The molecule has 0 spiro atoms. The van der Waals surface area contributed by atoms with Gasteiger partial charge in [0.05, 0.1) is 17.4 Å². The lowest BCUT2D eigenvalue weighted by molar-refractivity contribution is -0.385. The zero-order valence-corrected chi connectivity index (χ0v) is 10.4. The van der Waals surface area contributed by atoms with Crippen LogP contribution in [-0.2, 0) is 19.3 Å². The Morgan fingerprint density at radius 3 is 2.33 bits per heavy atom. The summed E-state index contributed by atoms with van der Waals surface area (Å²) in [4.78, 5) is 10.4. The Labute approximate surface area is 105 Å². The van der Waals surface area contributed by atoms with Crippen LogP contribution in [0.15, 0.2) is 6.07 Å². The Hall–Kier alpha value is -2.40. The van der Waals surface area contributed by atoms with E-state index in [0.29, 0.717) is 18.4 Å². The number of nitro groups is 1. The van der Waals surface area contributed by atoms with Crippen LogP contribution in [0.1, 0.15) is 36.1 Å². The average Bonchev–Trinajstić information content (AvgIpc) is 2.37. The van der Waals surface area contributed by atoms with Crippen LogP contribution in [0.3, 0.4) is 0 Å². The fraction of sp³-hybridized carbons (Fsp3) is 0.385. The zero-order valence-electron chi connectivity index (χ0n) is 10.4. The minimum absolute atomic E-state index is 0.0879. The summed E-state index contributed by atoms with van der Waals surface area (Å²) in [6.45, 7) is 3.71. The van der Waals surface area contributed by atoms with E-state index in [4.69, 9.17) is 10.5 Å². The number of benzene rings is 1. The van der Waals surface area contributed by atoms with Gasteiger partial charge < -0.3 is 0 Å². The maximum Gasteiger partial charge on any atom is 0.287 e. The van der Waals surface area contributed by atoms with Crippen molar-refractivity contribution in [3.05, 3.63) is 38.4 Å². The summed E-state index contributed by atoms with van der Waals surface area (Å²) in [5.41, 5.74) is 2.10. The van der Waals surface area contributed by atoms with E-state index in [-0.39, 0.29) is 17.7 Å². The second-order valence-corrected chi connectivity index (χ2v) is 3.80. The number of aryl methyl sites for hydroxylation is 1. The van der Waals surface area contributed by atoms with Crippen LogP contribution in [0.4, 0.5) is 5.69 Å². The molecule has 0 aromatic heterocycles. The average molecular weight is 243 g/mol. The van der Waals surface area contributed by atoms with Gasteiger partial charge in [0.2, 0.25) is 0 Å². The van der Waals surface area contributed by atoms with Crippen LogP contribution in [0.2, 0.25) is 0 Å². The van der Waals surface area contributed by atoms with E-state index in [1.54, 1.807) is 0 Å². The second-order valence-electron chi connectivity index (χ2n) is 3.80. The zero-order chi connectivity index (χ0) is 13.7. The minimum Gasteiger partial charge on any atom is -0.258 e. The lowest BCUT2D eigenvalue weighted by Gasteiger charge is -2.12. The SMILES string of the molecule is CCc1cc([N+](=O)[O-])c(C#N)c(CC)c1CC#N. The van der Waals surface area contributed by atoms with Crippen molar-refractivity contribution in [2.24, 2.45) is 0 Å². The molecule has 5 heteroatoms. The van der Waals surface area contributed by atoms with Crippen molar-refractivity contribution in [2.45, 2.75) is 33.1 Å². The molecule has 0 bridgehead atoms. The fourth-order valence-electron chi connectivity index (χ4n) is 2.10. The van der Waals surface area contributed by atoms with Gasteiger partial charge in [-0.15, -0.1) is 0 Å². The smallest absolute Gasteiger partial charge is 0.258 e. The van der Waals surface area contributed by atoms with Gasteiger partial charge in [0.25, 0.3) is 5.69 Å². The van der Waals surface area contributed by atoms with Crippen molar-refractivity contribution in [3.8, 4) is 12.1 Å². The van der Waals surface area contributed by atoms with E-state index in [0.717, 1.165) is 11.1 Å². The summed E-state index contributed by atoms with van der Waals surface area (Å²) in [7, 11) is 0. The minimum atomic E-state index is -0.535. The molecule has 0 amide bonds. The maximum atomic E-state index is 11.0. The maximum absolute atomic E-state index is 11.0. The van der Waals surface area contributed by atoms with E-state index in [1.165, 1.54) is 6.07 Å². The first kappa shape index (κ1) is 13.7. The fourth-order valence-corrected chi connectivity index (χ4v) is 2.10. The van der Waals surface area contributed by atoms with Gasteiger partial charge in [-0.05, 0) is 29.5 Å². The number of nitro benzene ring substituents is 1. The standard InChI is InChI=1S/C13H13N3O2/c1-3-9-7-13(16(17)18)12(8-15)10(4-2)11(9)5-6-14/h7H,3-5H2,1-2H3. The van der Waals surface area contributed by atoms with Crippen LogP contribution in [0.25, 0.3) is 0 Å². The van der Waals surface area contributed by atoms with Gasteiger partial charge in [0.15, 0.2) is 0 Å². The Bertz CT molecular complexity index is 565. The molecule has 0 radical (unpaired) electrons. The van der Waals surface area contributed by atoms with E-state index >= 15 is 0 Å². The number of nitriles is 2. The molecule has 0 aliphatic heterocycles. The first-order chi connectivity index (χ1) is 8.60. The third-order valence-electron chi connectivity index (χ3n) is 2.92. The third kappa shape index (κ3) is 2.31. The third-order valence-corrected chi connectivity index (χ3v) is 2.92. The second kappa shape index (κ2) is 5.79. The van der Waals surface area contributed by atoms with Crippen LogP contribution in [0.5, 0.6) is 0 Å². The molecule has 0 aliphatic rings. The molecule has 0 heterocycles. The molecule has 0 atom stereocenters. The highest BCUT2D eigenvalue weighted by Crippen LogP contribution is 2.29. The number of nitrogens with zero attached hydrogens (tertiary/aromatic N) is 3. The Kier molecular flexibility index (Phi) is 4.39. The Balaban J connectivity index is 3.70. The molecule has 92 valence electrons. The first-order valence-electron chi connectivity index (χ1n) is 5.69. The van der Waals surface area contributed by atoms with Gasteiger partial charge in [-0.3, -0.25) is 10.1 Å². The number of rotatable bonds is 4. The molecule has 1 aromatic carbocycles. The van der Waals surface area contributed by atoms with Gasteiger partial charge in [0.1, 0.15) is 11.6 Å². The summed E-state index contributed by atoms with van der Waals surface area (Å²) in [6.07, 6.45) is 1.30. The molecule has 0 saturated heterocycles. The molecule has 0 saturated carbocycles. The Morgan fingerprint density at radius 1 is 1.28 bits per heavy atom. The van der Waals surface area contributed by atoms with Crippen molar-refractivity contribution in [3.63, 3.8) is 0 Å². The van der Waals surface area contributed by atoms with E-state index < -0.39 is 4.92 Å². The van der Waals surface area contributed by atoms with Crippen LogP contribution in [-0.4, -0.2) is 4.92 Å². The predicted octanol–water partition coefficient (Wildman–Crippen LogP) is 2.66. The van der Waals surface area contributed by atoms with Crippen molar-refractivity contribution < 1.29 is 4.92 Å². The van der Waals surface area contributed by atoms with Crippen molar-refractivity contribution in [1.82, 2.24) is 0 Å². The molecule has 0 fully saturated rings. The summed E-state index contributed by atoms with van der Waals surface area (Å²) >= 11 is 0. The highest BCUT2D eigenvalue weighted by molar-refractivity contribution is 5.59. The van der Waals surface area contributed by atoms with Gasteiger partial charge in [-0.25, -0.2) is 0 Å². The molecule has 1 aromatic rings. The number of hydrogen-bond donors (Lipinski definition) is 0. The topological polar surface area (TPSA) is 90.7 Å². The predicted molar refractivity (Wildman–Crippen MR) is 65.9 cm³/mol. The van der Waals surface area contributed by atoms with Gasteiger partial charge in [-0.1, -0.05) is 13.8 Å². The van der Waals surface area contributed by atoms with Crippen LogP contribution >= 0.6 is 0 Å². The molecular weight excluding hydrogens is 230 g/mol. The molecule has 0 N–H and O–H groups in total. The molecule has 1 rings (SSSR count). The van der Waals surface area contributed by atoms with Gasteiger partial charge >= 0.3 is 0 Å². The normalized spacial score (nSPS) is 9.56. The quantitative estimate of drug-likeness (QED) is 0.600. The summed E-state index contributed by atoms with van der Waals surface area (Å²) < 4.78 is 0. The van der Waals surface area contributed by atoms with Gasteiger partial charge in [0, 0.05) is 6.07 Å². The van der Waals surface area contributed by atoms with Gasteiger partial charge in [-0.2, -0.15) is 10.5 Å². The number of hydrogen-bond acceptors (Lipinski definition) is 4. The van der Waals surface area contributed by atoms with Crippen LogP contribution < -0.4 is 0 Å². The summed E-state index contributed by atoms with van der Waals surface area (Å²) in [5.74, 6) is 0. The summed E-state index contributed by atoms with van der Waals surface area (Å²) in [5, 5.41) is 28.9. The lowest BCUT2D eigenvalue weighted by Crippen LogP contribution is -2.05. The van der Waals surface area contributed by atoms with Crippen LogP contribution in [0, 0.1) is 32.8 Å². The monoisotopic (exact) mass is 243 g/mol. The highest BCUT2D eigenvalue weighted by Gasteiger charge is 2.22. The first-order valence-corrected chi connectivity index (χ1v) is 5.69. The van der Waals surface area contributed by atoms with E-state index in [1.807, 2.05) is 19.9 Å². The molecule has 0 unspecified atom stereocenters. The van der Waals surface area contributed by atoms with Crippen molar-refractivity contribution in [1.29, 1.82) is 10.5 Å². The van der Waals surface area contributed by atoms with E-state index in [2.05, 4.69) is 6.07 Å². The van der Waals surface area contributed by atoms with E-state index in [9.17, 15) is 10.1 Å². The largest absolute Gasteiger partial charge is 0.287 e. The van der Waals surface area contributed by atoms with Crippen molar-refractivity contribution >= 4 is 5.69 Å². The van der Waals surface area contributed by atoms with Crippen molar-refractivity contribution in [2.75, 3.05) is 0 Å². The summed E-state index contributed by atoms with van der Waals surface area (Å²) in [6, 6.07) is 5.37. The molecular formula is C13H13N3O2. The molecule has 5 nitrogen and oxygen atoms in total.